The number of aromatic nitrogens is 4. The number of hydrogen-bond donors (Lipinski definition) is 2. The summed E-state index contributed by atoms with van der Waals surface area (Å²) in [5.74, 6) is -1.06. The first-order valence-corrected chi connectivity index (χ1v) is 11.6. The second kappa shape index (κ2) is 8.14. The van der Waals surface area contributed by atoms with Crippen molar-refractivity contribution < 1.29 is 9.90 Å². The molecular weight excluding hydrogens is 438 g/mol. The summed E-state index contributed by atoms with van der Waals surface area (Å²) in [7, 11) is 0. The lowest BCUT2D eigenvalue weighted by Gasteiger charge is -2.38. The van der Waals surface area contributed by atoms with Crippen molar-refractivity contribution in [2.45, 2.75) is 24.8 Å². The number of hydrogen-bond acceptors (Lipinski definition) is 5. The van der Waals surface area contributed by atoms with Gasteiger partial charge in [-0.05, 0) is 48.6 Å². The summed E-state index contributed by atoms with van der Waals surface area (Å²) >= 11 is 0. The molecular formula is C28H23N5O2. The largest absolute Gasteiger partial charge is 0.477 e. The van der Waals surface area contributed by atoms with Crippen LogP contribution in [0.2, 0.25) is 0 Å². The summed E-state index contributed by atoms with van der Waals surface area (Å²) in [5, 5.41) is 14.2. The minimum Gasteiger partial charge on any atom is -0.477 e. The molecule has 1 aliphatic carbocycles. The predicted octanol–water partition coefficient (Wildman–Crippen LogP) is 5.16. The molecule has 7 heteroatoms. The fraction of sp³-hybridized carbons (Fsp3) is 0.143. The van der Waals surface area contributed by atoms with Gasteiger partial charge in [-0.2, -0.15) is 5.10 Å². The summed E-state index contributed by atoms with van der Waals surface area (Å²) in [5.41, 5.74) is 13.5. The molecule has 0 spiro atoms. The number of benzene rings is 2. The highest BCUT2D eigenvalue weighted by Crippen LogP contribution is 2.40. The topological polar surface area (TPSA) is 106 Å². The van der Waals surface area contributed by atoms with E-state index in [4.69, 9.17) is 15.9 Å². The third kappa shape index (κ3) is 3.66. The first-order valence-electron chi connectivity index (χ1n) is 11.6. The lowest BCUT2D eigenvalue weighted by molar-refractivity contribution is 0.0690. The van der Waals surface area contributed by atoms with Crippen LogP contribution in [0.3, 0.4) is 0 Å². The number of rotatable bonds is 5. The van der Waals surface area contributed by atoms with Crippen molar-refractivity contribution in [1.82, 2.24) is 19.6 Å². The lowest BCUT2D eigenvalue weighted by Crippen LogP contribution is -2.43. The average molecular weight is 462 g/mol. The van der Waals surface area contributed by atoms with Crippen molar-refractivity contribution >= 4 is 11.6 Å². The van der Waals surface area contributed by atoms with Crippen LogP contribution in [0.1, 0.15) is 35.3 Å². The van der Waals surface area contributed by atoms with E-state index in [0.29, 0.717) is 5.65 Å². The van der Waals surface area contributed by atoms with E-state index in [1.165, 1.54) is 18.7 Å². The number of carboxylic acid groups (broad SMARTS) is 1. The second-order valence-electron chi connectivity index (χ2n) is 9.01. The van der Waals surface area contributed by atoms with Crippen molar-refractivity contribution in [1.29, 1.82) is 0 Å². The molecule has 3 heterocycles. The van der Waals surface area contributed by atoms with Crippen molar-refractivity contribution in [2.75, 3.05) is 0 Å². The highest BCUT2D eigenvalue weighted by molar-refractivity contribution is 5.86. The van der Waals surface area contributed by atoms with E-state index in [1.54, 1.807) is 16.8 Å². The fourth-order valence-electron chi connectivity index (χ4n) is 4.64. The first kappa shape index (κ1) is 21.2. The van der Waals surface area contributed by atoms with Gasteiger partial charge in [0, 0.05) is 28.4 Å². The quantitative estimate of drug-likeness (QED) is 0.374. The number of carboxylic acids is 1. The fourth-order valence-corrected chi connectivity index (χ4v) is 4.64. The molecule has 35 heavy (non-hydrogen) atoms. The Labute approximate surface area is 201 Å². The normalized spacial score (nSPS) is 14.5. The number of pyridine rings is 1. The van der Waals surface area contributed by atoms with Gasteiger partial charge in [-0.1, -0.05) is 54.6 Å². The Bertz CT molecular complexity index is 1540. The zero-order chi connectivity index (χ0) is 24.0. The highest BCUT2D eigenvalue weighted by Gasteiger charge is 2.34. The third-order valence-electron chi connectivity index (χ3n) is 6.84. The van der Waals surface area contributed by atoms with Gasteiger partial charge >= 0.3 is 5.97 Å². The van der Waals surface area contributed by atoms with Crippen LogP contribution >= 0.6 is 0 Å². The van der Waals surface area contributed by atoms with Gasteiger partial charge in [-0.15, -0.1) is 0 Å². The smallest absolute Gasteiger partial charge is 0.354 e. The van der Waals surface area contributed by atoms with Gasteiger partial charge < -0.3 is 10.8 Å². The Kier molecular flexibility index (Phi) is 4.93. The van der Waals surface area contributed by atoms with Crippen LogP contribution in [0.4, 0.5) is 0 Å². The predicted molar refractivity (Wildman–Crippen MR) is 134 cm³/mol. The van der Waals surface area contributed by atoms with Gasteiger partial charge in [0.15, 0.2) is 5.65 Å². The van der Waals surface area contributed by atoms with Gasteiger partial charge in [0.25, 0.3) is 0 Å². The summed E-state index contributed by atoms with van der Waals surface area (Å²) in [4.78, 5) is 19.8. The Hall–Kier alpha value is -4.36. The molecule has 0 saturated heterocycles. The minimum absolute atomic E-state index is 0.00758. The number of nitrogens with two attached hydrogens (primary N) is 1. The Morgan fingerprint density at radius 2 is 1.63 bits per heavy atom. The third-order valence-corrected chi connectivity index (χ3v) is 6.84. The summed E-state index contributed by atoms with van der Waals surface area (Å²) < 4.78 is 1.78. The highest BCUT2D eigenvalue weighted by atomic mass is 16.4. The van der Waals surface area contributed by atoms with Gasteiger partial charge in [-0.3, -0.25) is 0 Å². The molecule has 0 unspecified atom stereocenters. The van der Waals surface area contributed by atoms with E-state index in [-0.39, 0.29) is 11.2 Å². The molecule has 1 saturated carbocycles. The standard InChI is InChI=1S/C28H23N5O2/c29-28(13-4-14-28)21-10-7-19(8-11-21)26-22(18-5-2-1-3-6-18)15-25-31-17-24(33(25)32-26)20-9-12-23(27(34)35)30-16-20/h1-3,5-12,15-17H,4,13-14,29H2,(H,34,35). The zero-order valence-electron chi connectivity index (χ0n) is 18.9. The van der Waals surface area contributed by atoms with Crippen LogP contribution in [-0.4, -0.2) is 30.7 Å². The SMILES string of the molecule is NC1(c2ccc(-c3nn4c(-c5ccc(C(=O)O)nc5)cnc4cc3-c3ccccc3)cc2)CCC1. The van der Waals surface area contributed by atoms with Gasteiger partial charge in [0.1, 0.15) is 5.69 Å². The number of aromatic carboxylic acids is 1. The van der Waals surface area contributed by atoms with Crippen LogP contribution in [0.25, 0.3) is 39.3 Å². The summed E-state index contributed by atoms with van der Waals surface area (Å²) in [6, 6.07) is 23.8. The van der Waals surface area contributed by atoms with Crippen LogP contribution in [0.15, 0.2) is 85.2 Å². The maximum atomic E-state index is 11.2. The average Bonchev–Trinajstić information content (AvgIpc) is 3.30. The Balaban J connectivity index is 1.50. The molecule has 6 rings (SSSR count). The molecule has 0 bridgehead atoms. The van der Waals surface area contributed by atoms with Crippen LogP contribution < -0.4 is 5.73 Å². The van der Waals surface area contributed by atoms with Crippen molar-refractivity contribution in [2.24, 2.45) is 5.73 Å². The molecule has 5 aromatic rings. The molecule has 3 aromatic heterocycles. The van der Waals surface area contributed by atoms with Crippen molar-refractivity contribution in [3.8, 4) is 33.6 Å². The van der Waals surface area contributed by atoms with Crippen LogP contribution in [0.5, 0.6) is 0 Å². The van der Waals surface area contributed by atoms with E-state index in [0.717, 1.165) is 52.0 Å². The molecule has 1 aliphatic rings. The molecule has 1 fully saturated rings. The molecule has 0 radical (unpaired) electrons. The minimum atomic E-state index is -1.06. The lowest BCUT2D eigenvalue weighted by atomic mass is 9.72. The maximum Gasteiger partial charge on any atom is 0.354 e. The van der Waals surface area contributed by atoms with Crippen LogP contribution in [-0.2, 0) is 5.54 Å². The molecule has 2 aromatic carbocycles. The number of nitrogens with zero attached hydrogens (tertiary/aromatic N) is 4. The van der Waals surface area contributed by atoms with E-state index in [1.807, 2.05) is 24.3 Å². The number of carbonyl (C=O) groups is 1. The molecule has 3 N–H and O–H groups in total. The second-order valence-corrected chi connectivity index (χ2v) is 9.01. The first-order chi connectivity index (χ1) is 17.0. The molecule has 0 amide bonds. The molecule has 7 nitrogen and oxygen atoms in total. The van der Waals surface area contributed by atoms with E-state index < -0.39 is 5.97 Å². The van der Waals surface area contributed by atoms with E-state index in [2.05, 4.69) is 46.4 Å². The summed E-state index contributed by atoms with van der Waals surface area (Å²) in [6.45, 7) is 0. The number of imidazole rings is 1. The van der Waals surface area contributed by atoms with E-state index in [9.17, 15) is 4.79 Å². The molecule has 0 atom stereocenters. The Morgan fingerprint density at radius 3 is 2.26 bits per heavy atom. The monoisotopic (exact) mass is 461 g/mol. The number of fused-ring (bicyclic) bond motifs is 1. The van der Waals surface area contributed by atoms with Gasteiger partial charge in [0.2, 0.25) is 0 Å². The van der Waals surface area contributed by atoms with Crippen molar-refractivity contribution in [3.63, 3.8) is 0 Å². The van der Waals surface area contributed by atoms with E-state index >= 15 is 0 Å². The van der Waals surface area contributed by atoms with Crippen LogP contribution in [0, 0.1) is 0 Å². The zero-order valence-corrected chi connectivity index (χ0v) is 18.9. The molecule has 172 valence electrons. The maximum absolute atomic E-state index is 11.2. The van der Waals surface area contributed by atoms with Gasteiger partial charge in [-0.25, -0.2) is 19.3 Å². The van der Waals surface area contributed by atoms with Crippen molar-refractivity contribution in [3.05, 3.63) is 96.4 Å². The Morgan fingerprint density at radius 1 is 0.886 bits per heavy atom. The molecule has 0 aliphatic heterocycles. The summed E-state index contributed by atoms with van der Waals surface area (Å²) in [6.07, 6.45) is 6.46. The van der Waals surface area contributed by atoms with Gasteiger partial charge in [0.05, 0.1) is 17.6 Å².